The molecular weight excluding hydrogens is 656 g/mol. The Bertz CT molecular complexity index is 1000. The first kappa shape index (κ1) is 22.9. The molecule has 0 amide bonds. The van der Waals surface area contributed by atoms with Crippen LogP contribution in [-0.4, -0.2) is 6.21 Å². The fourth-order valence-corrected chi connectivity index (χ4v) is 5.35. The normalized spacial score (nSPS) is 11.1. The second kappa shape index (κ2) is 11.0. The van der Waals surface area contributed by atoms with Gasteiger partial charge in [0.05, 0.1) is 19.9 Å². The zero-order valence-corrected chi connectivity index (χ0v) is 21.5. The van der Waals surface area contributed by atoms with Crippen molar-refractivity contribution in [2.75, 3.05) is 0 Å². The zero-order chi connectivity index (χ0) is 20.8. The van der Waals surface area contributed by atoms with E-state index in [1.165, 1.54) is 0 Å². The van der Waals surface area contributed by atoms with Gasteiger partial charge in [0.1, 0.15) is 12.4 Å². The van der Waals surface area contributed by atoms with Crippen LogP contribution in [0.5, 0.6) is 5.75 Å². The first-order chi connectivity index (χ1) is 14.0. The van der Waals surface area contributed by atoms with Crippen molar-refractivity contribution in [2.24, 2.45) is 5.10 Å². The first-order valence-corrected chi connectivity index (χ1v) is 11.8. The molecule has 0 heterocycles. The van der Waals surface area contributed by atoms with Gasteiger partial charge in [-0.15, -0.1) is 0 Å². The van der Waals surface area contributed by atoms with Crippen molar-refractivity contribution in [3.8, 4) is 5.75 Å². The molecule has 3 aromatic rings. The molecule has 0 atom stereocenters. The minimum atomic E-state index is 0.416. The predicted octanol–water partition coefficient (Wildman–Crippen LogP) is 7.56. The van der Waals surface area contributed by atoms with Gasteiger partial charge in [-0.05, 0) is 81.1 Å². The summed E-state index contributed by atoms with van der Waals surface area (Å²) in [6.45, 7) is 0.863. The summed E-state index contributed by atoms with van der Waals surface area (Å²) in [4.78, 5) is 0. The van der Waals surface area contributed by atoms with E-state index in [2.05, 4.69) is 55.7 Å². The number of hydrogen-bond acceptors (Lipinski definition) is 3. The van der Waals surface area contributed by atoms with Gasteiger partial charge in [0.25, 0.3) is 0 Å². The van der Waals surface area contributed by atoms with Crippen molar-refractivity contribution in [3.05, 3.63) is 93.5 Å². The van der Waals surface area contributed by atoms with Crippen LogP contribution in [0.1, 0.15) is 16.7 Å². The van der Waals surface area contributed by atoms with Crippen molar-refractivity contribution in [3.63, 3.8) is 0 Å². The number of hydrazone groups is 1. The molecule has 0 spiro atoms. The van der Waals surface area contributed by atoms with Gasteiger partial charge in [0.2, 0.25) is 0 Å². The minimum absolute atomic E-state index is 0.416. The SMILES string of the molecule is Clc1ccccc1COc1c(I)cc(/C=N\NCc2c(Cl)cccc2Cl)cc1I. The summed E-state index contributed by atoms with van der Waals surface area (Å²) >= 11 is 23.1. The predicted molar refractivity (Wildman–Crippen MR) is 139 cm³/mol. The Morgan fingerprint density at radius 2 is 1.52 bits per heavy atom. The van der Waals surface area contributed by atoms with E-state index >= 15 is 0 Å². The average Bonchev–Trinajstić information content (AvgIpc) is 2.67. The number of rotatable bonds is 7. The zero-order valence-electron chi connectivity index (χ0n) is 14.9. The third kappa shape index (κ3) is 6.37. The van der Waals surface area contributed by atoms with Crippen LogP contribution in [0.4, 0.5) is 0 Å². The van der Waals surface area contributed by atoms with E-state index in [1.807, 2.05) is 42.5 Å². The highest BCUT2D eigenvalue weighted by atomic mass is 127. The monoisotopic (exact) mass is 670 g/mol. The number of hydrogen-bond donors (Lipinski definition) is 1. The summed E-state index contributed by atoms with van der Waals surface area (Å²) < 4.78 is 8.01. The van der Waals surface area contributed by atoms with Gasteiger partial charge < -0.3 is 10.2 Å². The van der Waals surface area contributed by atoms with Crippen molar-refractivity contribution in [1.29, 1.82) is 0 Å². The number of ether oxygens (including phenoxy) is 1. The van der Waals surface area contributed by atoms with Gasteiger partial charge in [-0.1, -0.05) is 59.1 Å². The van der Waals surface area contributed by atoms with Gasteiger partial charge >= 0.3 is 0 Å². The highest BCUT2D eigenvalue weighted by molar-refractivity contribution is 14.1. The molecule has 8 heteroatoms. The van der Waals surface area contributed by atoms with Crippen molar-refractivity contribution in [2.45, 2.75) is 13.2 Å². The minimum Gasteiger partial charge on any atom is -0.487 e. The lowest BCUT2D eigenvalue weighted by Gasteiger charge is -2.12. The van der Waals surface area contributed by atoms with Gasteiger partial charge in [-0.2, -0.15) is 5.10 Å². The molecule has 0 aromatic heterocycles. The highest BCUT2D eigenvalue weighted by Crippen LogP contribution is 2.30. The summed E-state index contributed by atoms with van der Waals surface area (Å²) in [7, 11) is 0. The molecule has 3 aromatic carbocycles. The molecule has 0 saturated heterocycles. The van der Waals surface area contributed by atoms with E-state index in [4.69, 9.17) is 39.5 Å². The van der Waals surface area contributed by atoms with Crippen LogP contribution in [0.25, 0.3) is 0 Å². The van der Waals surface area contributed by atoms with E-state index in [1.54, 1.807) is 18.3 Å². The van der Waals surface area contributed by atoms with E-state index < -0.39 is 0 Å². The van der Waals surface area contributed by atoms with Crippen LogP contribution >= 0.6 is 80.0 Å². The van der Waals surface area contributed by atoms with Crippen LogP contribution in [-0.2, 0) is 13.2 Å². The van der Waals surface area contributed by atoms with E-state index in [9.17, 15) is 0 Å². The summed E-state index contributed by atoms with van der Waals surface area (Å²) in [6.07, 6.45) is 1.76. The third-order valence-electron chi connectivity index (χ3n) is 3.97. The summed E-state index contributed by atoms with van der Waals surface area (Å²) in [5.41, 5.74) is 5.72. The van der Waals surface area contributed by atoms with Gasteiger partial charge in [-0.25, -0.2) is 0 Å². The molecule has 0 fully saturated rings. The van der Waals surface area contributed by atoms with Crippen molar-refractivity contribution < 1.29 is 4.74 Å². The molecular formula is C21H15Cl3I2N2O. The van der Waals surface area contributed by atoms with E-state index in [0.717, 1.165) is 29.6 Å². The fourth-order valence-electron chi connectivity index (χ4n) is 2.50. The molecule has 3 nitrogen and oxygen atoms in total. The van der Waals surface area contributed by atoms with Gasteiger partial charge in [0, 0.05) is 26.2 Å². The Labute approximate surface area is 212 Å². The van der Waals surface area contributed by atoms with Gasteiger partial charge in [-0.3, -0.25) is 0 Å². The maximum absolute atomic E-state index is 6.21. The second-order valence-electron chi connectivity index (χ2n) is 5.99. The van der Waals surface area contributed by atoms with Crippen LogP contribution in [0.2, 0.25) is 15.1 Å². The van der Waals surface area contributed by atoms with Crippen molar-refractivity contribution >= 4 is 86.2 Å². The Balaban J connectivity index is 1.64. The molecule has 0 aliphatic carbocycles. The van der Waals surface area contributed by atoms with E-state index in [0.29, 0.717) is 28.2 Å². The standard InChI is InChI=1S/C21H15Cl3I2N2O/c22-16-5-2-1-4-14(16)12-29-21-19(25)8-13(9-20(21)26)10-27-28-11-15-17(23)6-3-7-18(15)24/h1-10,28H,11-12H2/b27-10-. The smallest absolute Gasteiger partial charge is 0.146 e. The lowest BCUT2D eigenvalue weighted by molar-refractivity contribution is 0.302. The third-order valence-corrected chi connectivity index (χ3v) is 6.65. The number of nitrogens with zero attached hydrogens (tertiary/aromatic N) is 1. The second-order valence-corrected chi connectivity index (χ2v) is 9.53. The molecule has 0 radical (unpaired) electrons. The Morgan fingerprint density at radius 3 is 2.17 bits per heavy atom. The lowest BCUT2D eigenvalue weighted by atomic mass is 10.2. The molecule has 29 heavy (non-hydrogen) atoms. The Kier molecular flexibility index (Phi) is 8.73. The maximum Gasteiger partial charge on any atom is 0.146 e. The van der Waals surface area contributed by atoms with Gasteiger partial charge in [0.15, 0.2) is 0 Å². The number of nitrogens with one attached hydrogen (secondary N) is 1. The van der Waals surface area contributed by atoms with Crippen molar-refractivity contribution in [1.82, 2.24) is 5.43 Å². The fraction of sp³-hybridized carbons (Fsp3) is 0.0952. The molecule has 1 N–H and O–H groups in total. The molecule has 3 rings (SSSR count). The number of benzene rings is 3. The first-order valence-electron chi connectivity index (χ1n) is 8.49. The summed E-state index contributed by atoms with van der Waals surface area (Å²) in [5, 5.41) is 6.21. The highest BCUT2D eigenvalue weighted by Gasteiger charge is 2.10. The largest absolute Gasteiger partial charge is 0.487 e. The maximum atomic E-state index is 6.21. The molecule has 0 aliphatic heterocycles. The lowest BCUT2D eigenvalue weighted by Crippen LogP contribution is -2.07. The van der Waals surface area contributed by atoms with Crippen LogP contribution in [0, 0.1) is 7.14 Å². The topological polar surface area (TPSA) is 33.6 Å². The number of halogens is 5. The van der Waals surface area contributed by atoms with Crippen LogP contribution in [0.3, 0.4) is 0 Å². The average molecular weight is 672 g/mol. The summed E-state index contributed by atoms with van der Waals surface area (Å²) in [6, 6.07) is 17.1. The van der Waals surface area contributed by atoms with Crippen LogP contribution in [0.15, 0.2) is 59.7 Å². The molecule has 0 aliphatic rings. The summed E-state index contributed by atoms with van der Waals surface area (Å²) in [5.74, 6) is 0.832. The Hall–Kier alpha value is -0.740. The Morgan fingerprint density at radius 1 is 0.897 bits per heavy atom. The van der Waals surface area contributed by atoms with Crippen LogP contribution < -0.4 is 10.2 Å². The molecule has 0 saturated carbocycles. The molecule has 0 bridgehead atoms. The molecule has 0 unspecified atom stereocenters. The molecule has 150 valence electrons. The van der Waals surface area contributed by atoms with E-state index in [-0.39, 0.29) is 0 Å². The quantitative estimate of drug-likeness (QED) is 0.160.